The summed E-state index contributed by atoms with van der Waals surface area (Å²) in [6.07, 6.45) is 1.02. The van der Waals surface area contributed by atoms with E-state index in [2.05, 4.69) is 31.3 Å². The zero-order chi connectivity index (χ0) is 23.9. The summed E-state index contributed by atoms with van der Waals surface area (Å²) < 4.78 is 10.8. The number of amides is 1. The van der Waals surface area contributed by atoms with Crippen LogP contribution in [-0.2, 0) is 30.3 Å². The van der Waals surface area contributed by atoms with Crippen LogP contribution in [0.2, 0.25) is 0 Å². The summed E-state index contributed by atoms with van der Waals surface area (Å²) in [7, 11) is 0. The van der Waals surface area contributed by atoms with E-state index in [-0.39, 0.29) is 38.1 Å². The van der Waals surface area contributed by atoms with E-state index in [4.69, 9.17) is 19.7 Å². The molecule has 0 aromatic heterocycles. The van der Waals surface area contributed by atoms with Gasteiger partial charge in [0, 0.05) is 13.1 Å². The zero-order valence-electron chi connectivity index (χ0n) is 19.2. The van der Waals surface area contributed by atoms with Gasteiger partial charge in [-0.1, -0.05) is 38.1 Å². The van der Waals surface area contributed by atoms with E-state index in [0.29, 0.717) is 32.3 Å². The fourth-order valence-electron chi connectivity index (χ4n) is 3.08. The molecule has 9 nitrogen and oxygen atoms in total. The summed E-state index contributed by atoms with van der Waals surface area (Å²) in [5.74, 6) is -1.89. The topological polar surface area (TPSA) is 125 Å². The fraction of sp³-hybridized carbons (Fsp3) is 0.609. The normalized spacial score (nSPS) is 12.2. The van der Waals surface area contributed by atoms with Gasteiger partial charge in [0.15, 0.2) is 0 Å². The number of rotatable bonds is 17. The summed E-state index contributed by atoms with van der Waals surface area (Å²) in [6.45, 7) is 7.27. The molecule has 9 heteroatoms. The summed E-state index contributed by atoms with van der Waals surface area (Å²) in [4.78, 5) is 35.0. The van der Waals surface area contributed by atoms with Crippen molar-refractivity contribution < 1.29 is 34.1 Å². The van der Waals surface area contributed by atoms with Gasteiger partial charge in [0.2, 0.25) is 5.91 Å². The van der Waals surface area contributed by atoms with Crippen molar-refractivity contribution in [2.24, 2.45) is 5.92 Å². The second-order valence-electron chi connectivity index (χ2n) is 8.08. The summed E-state index contributed by atoms with van der Waals surface area (Å²) in [5, 5.41) is 20.4. The van der Waals surface area contributed by atoms with Gasteiger partial charge in [-0.15, -0.1) is 0 Å². The second-order valence-corrected chi connectivity index (χ2v) is 8.08. The monoisotopic (exact) mass is 452 g/mol. The number of aliphatic carboxylic acids is 2. The average molecular weight is 453 g/mol. The minimum Gasteiger partial charge on any atom is -0.480 e. The molecule has 180 valence electrons. The molecule has 1 aromatic carbocycles. The van der Waals surface area contributed by atoms with Crippen molar-refractivity contribution in [3.63, 3.8) is 0 Å². The number of nitrogens with one attached hydrogen (secondary N) is 1. The maximum Gasteiger partial charge on any atom is 0.317 e. The molecule has 32 heavy (non-hydrogen) atoms. The molecule has 0 bridgehead atoms. The van der Waals surface area contributed by atoms with Gasteiger partial charge in [-0.25, -0.2) is 0 Å². The van der Waals surface area contributed by atoms with Gasteiger partial charge in [0.25, 0.3) is 0 Å². The lowest BCUT2D eigenvalue weighted by Crippen LogP contribution is -2.37. The van der Waals surface area contributed by atoms with Gasteiger partial charge < -0.3 is 25.0 Å². The van der Waals surface area contributed by atoms with Crippen molar-refractivity contribution in [2.75, 3.05) is 52.6 Å². The van der Waals surface area contributed by atoms with E-state index < -0.39 is 11.9 Å². The smallest absolute Gasteiger partial charge is 0.317 e. The first-order valence-electron chi connectivity index (χ1n) is 10.9. The van der Waals surface area contributed by atoms with Crippen LogP contribution < -0.4 is 5.32 Å². The fourth-order valence-corrected chi connectivity index (χ4v) is 3.08. The van der Waals surface area contributed by atoms with Gasteiger partial charge in [0.05, 0.1) is 45.4 Å². The van der Waals surface area contributed by atoms with E-state index in [1.165, 1.54) is 10.5 Å². The van der Waals surface area contributed by atoms with Crippen molar-refractivity contribution in [1.29, 1.82) is 0 Å². The summed E-state index contributed by atoms with van der Waals surface area (Å²) in [5.41, 5.74) is 2.24. The Bertz CT molecular complexity index is 691. The molecule has 0 aliphatic carbocycles. The van der Waals surface area contributed by atoms with Gasteiger partial charge >= 0.3 is 11.9 Å². The molecule has 1 aromatic rings. The largest absolute Gasteiger partial charge is 0.480 e. The highest BCUT2D eigenvalue weighted by Crippen LogP contribution is 2.17. The molecule has 0 aliphatic rings. The Morgan fingerprint density at radius 2 is 1.47 bits per heavy atom. The van der Waals surface area contributed by atoms with Crippen molar-refractivity contribution in [3.8, 4) is 0 Å². The first-order valence-corrected chi connectivity index (χ1v) is 10.9. The molecule has 0 unspecified atom stereocenters. The molecule has 0 radical (unpaired) electrons. The molecular weight excluding hydrogens is 416 g/mol. The zero-order valence-corrected chi connectivity index (χ0v) is 19.2. The van der Waals surface area contributed by atoms with E-state index >= 15 is 0 Å². The van der Waals surface area contributed by atoms with Crippen LogP contribution in [0.1, 0.15) is 37.8 Å². The maximum absolute atomic E-state index is 12.3. The first kappa shape index (κ1) is 27.5. The number of hydrogen-bond donors (Lipinski definition) is 3. The molecule has 1 rings (SSSR count). The van der Waals surface area contributed by atoms with Crippen LogP contribution in [0.5, 0.6) is 0 Å². The highest BCUT2D eigenvalue weighted by Gasteiger charge is 2.15. The van der Waals surface area contributed by atoms with Crippen molar-refractivity contribution >= 4 is 17.8 Å². The van der Waals surface area contributed by atoms with Gasteiger partial charge in [0.1, 0.15) is 0 Å². The average Bonchev–Trinajstić information content (AvgIpc) is 2.71. The quantitative estimate of drug-likeness (QED) is 0.305. The molecule has 1 amide bonds. The third-order valence-corrected chi connectivity index (χ3v) is 4.70. The molecule has 0 fully saturated rings. The predicted molar refractivity (Wildman–Crippen MR) is 120 cm³/mol. The molecule has 0 spiro atoms. The minimum atomic E-state index is -1.09. The van der Waals surface area contributed by atoms with Crippen LogP contribution >= 0.6 is 0 Å². The Labute approximate surface area is 189 Å². The summed E-state index contributed by atoms with van der Waals surface area (Å²) in [6, 6.07) is 8.16. The first-order chi connectivity index (χ1) is 15.2. The van der Waals surface area contributed by atoms with Crippen LogP contribution in [0.25, 0.3) is 0 Å². The number of carbonyl (C=O) groups excluding carboxylic acids is 1. The number of carbonyl (C=O) groups is 3. The van der Waals surface area contributed by atoms with Gasteiger partial charge in [-0.2, -0.15) is 0 Å². The number of ether oxygens (including phenoxy) is 2. The van der Waals surface area contributed by atoms with Crippen LogP contribution in [0, 0.1) is 5.92 Å². The van der Waals surface area contributed by atoms with E-state index in [1.807, 2.05) is 19.1 Å². The SMILES string of the molecule is CC(C)Cc1ccc([C@H](C)C(=O)NCCOCCOCCN(CC(=O)O)CC(=O)O)cc1. The standard InChI is InChI=1S/C23H36N2O7/c1-17(2)14-19-4-6-20(7-5-19)18(3)23(30)24-8-10-31-12-13-32-11-9-25(15-21(26)27)16-22(28)29/h4-7,17-18H,8-16H2,1-3H3,(H,24,30)(H,26,27)(H,28,29)/t18-/m0/s1. The Morgan fingerprint density at radius 3 is 2.00 bits per heavy atom. The number of benzene rings is 1. The number of nitrogens with zero attached hydrogens (tertiary/aromatic N) is 1. The lowest BCUT2D eigenvalue weighted by Gasteiger charge is -2.17. The van der Waals surface area contributed by atoms with Crippen LogP contribution in [0.15, 0.2) is 24.3 Å². The van der Waals surface area contributed by atoms with Crippen LogP contribution in [0.3, 0.4) is 0 Å². The number of carboxylic acids is 2. The van der Waals surface area contributed by atoms with Crippen molar-refractivity contribution in [1.82, 2.24) is 10.2 Å². The Balaban J connectivity index is 2.15. The molecule has 0 aliphatic heterocycles. The van der Waals surface area contributed by atoms with E-state index in [1.54, 1.807) is 0 Å². The molecule has 0 saturated carbocycles. The van der Waals surface area contributed by atoms with Crippen LogP contribution in [0.4, 0.5) is 0 Å². The molecule has 3 N–H and O–H groups in total. The summed E-state index contributed by atoms with van der Waals surface area (Å²) >= 11 is 0. The third kappa shape index (κ3) is 12.4. The van der Waals surface area contributed by atoms with Crippen molar-refractivity contribution in [3.05, 3.63) is 35.4 Å². The second kappa shape index (κ2) is 15.3. The minimum absolute atomic E-state index is 0.0570. The Hall–Kier alpha value is -2.49. The highest BCUT2D eigenvalue weighted by molar-refractivity contribution is 5.83. The molecule has 0 saturated heterocycles. The molecule has 1 atom stereocenters. The van der Waals surface area contributed by atoms with E-state index in [0.717, 1.165) is 12.0 Å². The van der Waals surface area contributed by atoms with Gasteiger partial charge in [-0.3, -0.25) is 19.3 Å². The highest BCUT2D eigenvalue weighted by atomic mass is 16.5. The predicted octanol–water partition coefficient (Wildman–Crippen LogP) is 1.61. The lowest BCUT2D eigenvalue weighted by atomic mass is 9.96. The van der Waals surface area contributed by atoms with Crippen molar-refractivity contribution in [2.45, 2.75) is 33.1 Å². The number of carboxylic acid groups (broad SMARTS) is 2. The lowest BCUT2D eigenvalue weighted by molar-refractivity contribution is -0.142. The Kier molecular flexibility index (Phi) is 13.2. The van der Waals surface area contributed by atoms with E-state index in [9.17, 15) is 14.4 Å². The van der Waals surface area contributed by atoms with Gasteiger partial charge in [-0.05, 0) is 30.4 Å². The molecular formula is C23H36N2O7. The van der Waals surface area contributed by atoms with Crippen LogP contribution in [-0.4, -0.2) is 85.6 Å². The maximum atomic E-state index is 12.3. The molecule has 0 heterocycles. The Morgan fingerprint density at radius 1 is 0.906 bits per heavy atom. The third-order valence-electron chi connectivity index (χ3n) is 4.70. The number of hydrogen-bond acceptors (Lipinski definition) is 6.